The number of rotatable bonds is 6. The Balaban J connectivity index is 1.79. The number of anilines is 2. The minimum atomic E-state index is -0.0494. The van der Waals surface area contributed by atoms with E-state index in [0.29, 0.717) is 10.8 Å². The van der Waals surface area contributed by atoms with E-state index in [1.165, 1.54) is 0 Å². The third kappa shape index (κ3) is 4.55. The van der Waals surface area contributed by atoms with Crippen LogP contribution in [0.4, 0.5) is 11.5 Å². The summed E-state index contributed by atoms with van der Waals surface area (Å²) in [4.78, 5) is 13.8. The van der Waals surface area contributed by atoms with Crippen molar-refractivity contribution in [1.82, 2.24) is 15.0 Å². The zero-order chi connectivity index (χ0) is 24.4. The first-order chi connectivity index (χ1) is 17.0. The molecule has 0 spiro atoms. The SMILES string of the molecule is CC(C)C(Nc1nc(Cl)c(-c2cncc(N)c2)c2cccc(-c3ccccc3)c12)c1ccccn1. The molecular weight excluding hydrogens is 454 g/mol. The molecule has 2 aromatic carbocycles. The van der Waals surface area contributed by atoms with Gasteiger partial charge in [-0.15, -0.1) is 0 Å². The fourth-order valence-corrected chi connectivity index (χ4v) is 4.75. The van der Waals surface area contributed by atoms with Crippen LogP contribution in [0.1, 0.15) is 25.6 Å². The molecule has 0 aliphatic rings. The van der Waals surface area contributed by atoms with Gasteiger partial charge in [-0.05, 0) is 40.6 Å². The standard InChI is InChI=1S/C29H26ClN5/c1-18(2)27(24-13-6-7-14-33-24)34-29-26-22(19-9-4-3-5-10-19)11-8-12-23(26)25(28(30)35-29)20-15-21(31)17-32-16-20/h3-18,27H,31H2,1-2H3,(H,34,35). The molecule has 6 heteroatoms. The van der Waals surface area contributed by atoms with E-state index in [4.69, 9.17) is 22.3 Å². The lowest BCUT2D eigenvalue weighted by atomic mass is 9.93. The molecule has 3 heterocycles. The molecule has 1 unspecified atom stereocenters. The molecule has 0 aliphatic heterocycles. The van der Waals surface area contributed by atoms with Crippen molar-refractivity contribution in [3.63, 3.8) is 0 Å². The Morgan fingerprint density at radius 2 is 1.69 bits per heavy atom. The van der Waals surface area contributed by atoms with Gasteiger partial charge >= 0.3 is 0 Å². The summed E-state index contributed by atoms with van der Waals surface area (Å²) in [5.74, 6) is 0.983. The normalized spacial score (nSPS) is 12.1. The van der Waals surface area contributed by atoms with Crippen LogP contribution in [0.5, 0.6) is 0 Å². The predicted molar refractivity (Wildman–Crippen MR) is 145 cm³/mol. The Bertz CT molecular complexity index is 1470. The highest BCUT2D eigenvalue weighted by Gasteiger charge is 2.23. The van der Waals surface area contributed by atoms with E-state index in [9.17, 15) is 0 Å². The number of nitrogen functional groups attached to an aromatic ring is 1. The van der Waals surface area contributed by atoms with Gasteiger partial charge in [-0.25, -0.2) is 4.98 Å². The quantitative estimate of drug-likeness (QED) is 0.248. The van der Waals surface area contributed by atoms with Crippen molar-refractivity contribution in [2.75, 3.05) is 11.1 Å². The first-order valence-electron chi connectivity index (χ1n) is 11.6. The molecule has 0 saturated heterocycles. The highest BCUT2D eigenvalue weighted by atomic mass is 35.5. The van der Waals surface area contributed by atoms with Gasteiger partial charge in [-0.3, -0.25) is 9.97 Å². The summed E-state index contributed by atoms with van der Waals surface area (Å²) in [6, 6.07) is 24.3. The van der Waals surface area contributed by atoms with Gasteiger partial charge in [0.2, 0.25) is 0 Å². The highest BCUT2D eigenvalue weighted by molar-refractivity contribution is 6.34. The summed E-state index contributed by atoms with van der Waals surface area (Å²) >= 11 is 6.87. The van der Waals surface area contributed by atoms with Crippen LogP contribution >= 0.6 is 11.6 Å². The number of benzene rings is 2. The number of hydrogen-bond donors (Lipinski definition) is 2. The lowest BCUT2D eigenvalue weighted by Crippen LogP contribution is -2.19. The van der Waals surface area contributed by atoms with E-state index in [1.807, 2.05) is 54.7 Å². The topological polar surface area (TPSA) is 76.7 Å². The van der Waals surface area contributed by atoms with Crippen LogP contribution in [0, 0.1) is 5.92 Å². The average molecular weight is 480 g/mol. The predicted octanol–water partition coefficient (Wildman–Crippen LogP) is 7.40. The van der Waals surface area contributed by atoms with E-state index >= 15 is 0 Å². The molecular formula is C29H26ClN5. The van der Waals surface area contributed by atoms with E-state index in [-0.39, 0.29) is 12.0 Å². The molecule has 5 aromatic rings. The van der Waals surface area contributed by atoms with Gasteiger partial charge in [-0.1, -0.05) is 80.0 Å². The maximum absolute atomic E-state index is 6.87. The molecule has 3 aromatic heterocycles. The second-order valence-corrected chi connectivity index (χ2v) is 9.21. The summed E-state index contributed by atoms with van der Waals surface area (Å²) in [6.07, 6.45) is 5.21. The van der Waals surface area contributed by atoms with Crippen LogP contribution in [0.25, 0.3) is 33.0 Å². The maximum atomic E-state index is 6.87. The molecule has 0 fully saturated rings. The molecule has 0 amide bonds. The molecule has 0 bridgehead atoms. The van der Waals surface area contributed by atoms with Crippen molar-refractivity contribution >= 4 is 33.9 Å². The minimum Gasteiger partial charge on any atom is -0.397 e. The van der Waals surface area contributed by atoms with Gasteiger partial charge in [0.1, 0.15) is 11.0 Å². The van der Waals surface area contributed by atoms with Crippen molar-refractivity contribution in [2.24, 2.45) is 5.92 Å². The molecule has 5 nitrogen and oxygen atoms in total. The smallest absolute Gasteiger partial charge is 0.140 e. The number of aromatic nitrogens is 3. The number of halogens is 1. The van der Waals surface area contributed by atoms with Gasteiger partial charge < -0.3 is 11.1 Å². The lowest BCUT2D eigenvalue weighted by molar-refractivity contribution is 0.534. The minimum absolute atomic E-state index is 0.0494. The van der Waals surface area contributed by atoms with E-state index < -0.39 is 0 Å². The van der Waals surface area contributed by atoms with E-state index in [1.54, 1.807) is 12.4 Å². The molecule has 1 atom stereocenters. The van der Waals surface area contributed by atoms with Crippen LogP contribution < -0.4 is 11.1 Å². The Hall–Kier alpha value is -3.96. The molecule has 35 heavy (non-hydrogen) atoms. The molecule has 0 radical (unpaired) electrons. The number of nitrogens with two attached hydrogens (primary N) is 1. The fourth-order valence-electron chi connectivity index (χ4n) is 4.46. The number of nitrogens with zero attached hydrogens (tertiary/aromatic N) is 3. The zero-order valence-electron chi connectivity index (χ0n) is 19.6. The first-order valence-corrected chi connectivity index (χ1v) is 12.0. The van der Waals surface area contributed by atoms with Crippen molar-refractivity contribution in [1.29, 1.82) is 0 Å². The number of nitrogens with one attached hydrogen (secondary N) is 1. The lowest BCUT2D eigenvalue weighted by Gasteiger charge is -2.25. The summed E-state index contributed by atoms with van der Waals surface area (Å²) in [5, 5.41) is 6.04. The summed E-state index contributed by atoms with van der Waals surface area (Å²) in [7, 11) is 0. The molecule has 5 rings (SSSR count). The van der Waals surface area contributed by atoms with Crippen molar-refractivity contribution in [2.45, 2.75) is 19.9 Å². The Kier molecular flexibility index (Phi) is 6.34. The summed E-state index contributed by atoms with van der Waals surface area (Å²) in [5.41, 5.74) is 11.4. The third-order valence-corrected chi connectivity index (χ3v) is 6.36. The van der Waals surface area contributed by atoms with Crippen molar-refractivity contribution in [3.05, 3.63) is 102 Å². The van der Waals surface area contributed by atoms with Crippen LogP contribution in [-0.4, -0.2) is 15.0 Å². The van der Waals surface area contributed by atoms with E-state index in [0.717, 1.165) is 44.5 Å². The van der Waals surface area contributed by atoms with Gasteiger partial charge in [0.25, 0.3) is 0 Å². The van der Waals surface area contributed by atoms with E-state index in [2.05, 4.69) is 53.4 Å². The van der Waals surface area contributed by atoms with Gasteiger partial charge in [0.05, 0.1) is 17.4 Å². The second kappa shape index (κ2) is 9.72. The Morgan fingerprint density at radius 1 is 0.886 bits per heavy atom. The Labute approximate surface area is 210 Å². The van der Waals surface area contributed by atoms with Gasteiger partial charge in [-0.2, -0.15) is 0 Å². The molecule has 3 N–H and O–H groups in total. The van der Waals surface area contributed by atoms with Crippen LogP contribution in [0.15, 0.2) is 91.4 Å². The van der Waals surface area contributed by atoms with Crippen LogP contribution in [0.3, 0.4) is 0 Å². The maximum Gasteiger partial charge on any atom is 0.140 e. The monoisotopic (exact) mass is 479 g/mol. The van der Waals surface area contributed by atoms with Gasteiger partial charge in [0, 0.05) is 35.1 Å². The largest absolute Gasteiger partial charge is 0.397 e. The average Bonchev–Trinajstić information content (AvgIpc) is 2.87. The Morgan fingerprint density at radius 3 is 2.40 bits per heavy atom. The second-order valence-electron chi connectivity index (χ2n) is 8.85. The zero-order valence-corrected chi connectivity index (χ0v) is 20.4. The molecule has 0 aliphatic carbocycles. The van der Waals surface area contributed by atoms with Gasteiger partial charge in [0.15, 0.2) is 0 Å². The highest BCUT2D eigenvalue weighted by Crippen LogP contribution is 2.43. The summed E-state index contributed by atoms with van der Waals surface area (Å²) < 4.78 is 0. The van der Waals surface area contributed by atoms with Crippen LogP contribution in [0.2, 0.25) is 5.15 Å². The third-order valence-electron chi connectivity index (χ3n) is 6.09. The molecule has 0 saturated carbocycles. The number of pyridine rings is 3. The number of hydrogen-bond acceptors (Lipinski definition) is 5. The van der Waals surface area contributed by atoms with Crippen molar-refractivity contribution in [3.8, 4) is 22.3 Å². The fraction of sp³-hybridized carbons (Fsp3) is 0.138. The summed E-state index contributed by atoms with van der Waals surface area (Å²) in [6.45, 7) is 4.34. The molecule has 174 valence electrons. The van der Waals surface area contributed by atoms with Crippen molar-refractivity contribution < 1.29 is 0 Å². The first kappa shape index (κ1) is 22.8. The number of fused-ring (bicyclic) bond motifs is 1. The van der Waals surface area contributed by atoms with Crippen LogP contribution in [-0.2, 0) is 0 Å².